The molecule has 2 N–H and O–H groups in total. The summed E-state index contributed by atoms with van der Waals surface area (Å²) in [5.41, 5.74) is 3.31. The molecule has 0 atom stereocenters. The molecule has 7 nitrogen and oxygen atoms in total. The van der Waals surface area contributed by atoms with Crippen LogP contribution in [0.15, 0.2) is 41.6 Å². The molecule has 0 unspecified atom stereocenters. The number of rotatable bonds is 8. The Morgan fingerprint density at radius 3 is 2.50 bits per heavy atom. The lowest BCUT2D eigenvalue weighted by Gasteiger charge is -2.12. The van der Waals surface area contributed by atoms with Crippen LogP contribution in [0.25, 0.3) is 0 Å². The summed E-state index contributed by atoms with van der Waals surface area (Å²) in [5.74, 6) is 0.425. The smallest absolute Gasteiger partial charge is 0.253 e. The van der Waals surface area contributed by atoms with Gasteiger partial charge < -0.3 is 15.2 Å². The van der Waals surface area contributed by atoms with Gasteiger partial charge in [0.2, 0.25) is 5.91 Å². The van der Waals surface area contributed by atoms with Crippen molar-refractivity contribution >= 4 is 63.5 Å². The van der Waals surface area contributed by atoms with Crippen molar-refractivity contribution in [2.45, 2.75) is 39.0 Å². The lowest BCUT2D eigenvalue weighted by molar-refractivity contribution is -0.113. The lowest BCUT2D eigenvalue weighted by atomic mass is 10.1. The minimum Gasteiger partial charge on any atom is -0.345 e. The number of aromatic nitrogens is 3. The number of nitrogens with zero attached hydrogens (tertiary/aromatic N) is 3. The molecule has 0 saturated carbocycles. The van der Waals surface area contributed by atoms with E-state index in [2.05, 4.69) is 43.4 Å². The first kappa shape index (κ1) is 24.5. The van der Waals surface area contributed by atoms with E-state index in [0.717, 1.165) is 20.4 Å². The summed E-state index contributed by atoms with van der Waals surface area (Å²) in [7, 11) is 0. The fourth-order valence-corrected chi connectivity index (χ4v) is 5.16. The van der Waals surface area contributed by atoms with E-state index in [9.17, 15) is 9.59 Å². The first-order valence-corrected chi connectivity index (χ1v) is 12.4. The van der Waals surface area contributed by atoms with E-state index < -0.39 is 0 Å². The van der Waals surface area contributed by atoms with E-state index in [-0.39, 0.29) is 24.1 Å². The van der Waals surface area contributed by atoms with E-state index >= 15 is 0 Å². The van der Waals surface area contributed by atoms with E-state index in [1.54, 1.807) is 24.3 Å². The number of anilines is 1. The molecule has 0 aliphatic carbocycles. The van der Waals surface area contributed by atoms with Gasteiger partial charge in [0.1, 0.15) is 0 Å². The van der Waals surface area contributed by atoms with Crippen LogP contribution in [0, 0.1) is 17.4 Å². The van der Waals surface area contributed by atoms with Crippen LogP contribution >= 0.6 is 46.0 Å². The van der Waals surface area contributed by atoms with Gasteiger partial charge in [-0.3, -0.25) is 9.59 Å². The van der Waals surface area contributed by atoms with Crippen LogP contribution in [-0.2, 0) is 17.9 Å². The predicted octanol–water partition coefficient (Wildman–Crippen LogP) is 4.83. The van der Waals surface area contributed by atoms with Crippen LogP contribution in [0.5, 0.6) is 0 Å². The molecule has 10 heteroatoms. The second-order valence-electron chi connectivity index (χ2n) is 7.06. The van der Waals surface area contributed by atoms with Gasteiger partial charge in [0.25, 0.3) is 5.91 Å². The maximum absolute atomic E-state index is 12.5. The second kappa shape index (κ2) is 11.2. The molecule has 32 heavy (non-hydrogen) atoms. The molecule has 168 valence electrons. The van der Waals surface area contributed by atoms with Crippen LogP contribution in [0.3, 0.4) is 0 Å². The van der Waals surface area contributed by atoms with Crippen LogP contribution in [0.4, 0.5) is 5.69 Å². The Kier molecular flexibility index (Phi) is 8.55. The van der Waals surface area contributed by atoms with Crippen molar-refractivity contribution in [2.24, 2.45) is 0 Å². The molecule has 1 aromatic heterocycles. The number of benzene rings is 2. The summed E-state index contributed by atoms with van der Waals surface area (Å²) in [6.45, 7) is 6.75. The maximum atomic E-state index is 12.5. The van der Waals surface area contributed by atoms with Crippen molar-refractivity contribution in [3.05, 3.63) is 67.5 Å². The highest BCUT2D eigenvalue weighted by Crippen LogP contribution is 2.24. The Bertz CT molecular complexity index is 1130. The zero-order chi connectivity index (χ0) is 23.3. The Hall–Kier alpha value is -2.11. The average Bonchev–Trinajstić information content (AvgIpc) is 3.15. The van der Waals surface area contributed by atoms with Gasteiger partial charge in [-0.25, -0.2) is 0 Å². The molecule has 0 saturated heterocycles. The van der Waals surface area contributed by atoms with Crippen molar-refractivity contribution in [1.29, 1.82) is 0 Å². The van der Waals surface area contributed by atoms with Crippen molar-refractivity contribution < 1.29 is 9.59 Å². The number of amides is 2. The molecule has 3 aromatic rings. The van der Waals surface area contributed by atoms with Crippen molar-refractivity contribution in [2.75, 3.05) is 11.1 Å². The largest absolute Gasteiger partial charge is 0.345 e. The molecule has 2 aromatic carbocycles. The highest BCUT2D eigenvalue weighted by atomic mass is 127. The van der Waals surface area contributed by atoms with Gasteiger partial charge in [0.15, 0.2) is 11.0 Å². The molecule has 0 radical (unpaired) electrons. The number of hydrogen-bond acceptors (Lipinski definition) is 5. The van der Waals surface area contributed by atoms with Gasteiger partial charge in [-0.05, 0) is 78.8 Å². The molecule has 0 bridgehead atoms. The highest BCUT2D eigenvalue weighted by Gasteiger charge is 2.16. The monoisotopic (exact) mass is 583 g/mol. The maximum Gasteiger partial charge on any atom is 0.253 e. The van der Waals surface area contributed by atoms with Crippen LogP contribution in [0.2, 0.25) is 5.02 Å². The standard InChI is InChI=1S/C22H23ClIN5O2S/c1-4-29-18(11-25-21(31)16-7-5-6-8-17(16)23)27-28-22(29)32-12-19(30)26-20-13(2)9-15(24)10-14(20)3/h5-10H,4,11-12H2,1-3H3,(H,25,31)(H,26,30). The minimum absolute atomic E-state index is 0.110. The van der Waals surface area contributed by atoms with Gasteiger partial charge >= 0.3 is 0 Å². The molecule has 0 aliphatic heterocycles. The summed E-state index contributed by atoms with van der Waals surface area (Å²) in [5, 5.41) is 15.2. The summed E-state index contributed by atoms with van der Waals surface area (Å²) >= 11 is 9.66. The Balaban J connectivity index is 1.61. The molecule has 0 spiro atoms. The topological polar surface area (TPSA) is 88.9 Å². The van der Waals surface area contributed by atoms with Gasteiger partial charge in [-0.1, -0.05) is 35.5 Å². The van der Waals surface area contributed by atoms with Gasteiger partial charge in [-0.2, -0.15) is 0 Å². The minimum atomic E-state index is -0.280. The van der Waals surface area contributed by atoms with E-state index in [0.29, 0.717) is 28.1 Å². The number of aryl methyl sites for hydroxylation is 2. The zero-order valence-electron chi connectivity index (χ0n) is 17.9. The normalized spacial score (nSPS) is 10.8. The van der Waals surface area contributed by atoms with E-state index in [1.807, 2.05) is 37.5 Å². The summed E-state index contributed by atoms with van der Waals surface area (Å²) in [6, 6.07) is 10.9. The van der Waals surface area contributed by atoms with E-state index in [4.69, 9.17) is 11.6 Å². The Labute approximate surface area is 209 Å². The van der Waals surface area contributed by atoms with Gasteiger partial charge in [-0.15, -0.1) is 10.2 Å². The van der Waals surface area contributed by atoms with Crippen molar-refractivity contribution in [1.82, 2.24) is 20.1 Å². The molecule has 1 heterocycles. The molecule has 3 rings (SSSR count). The van der Waals surface area contributed by atoms with Crippen LogP contribution in [0.1, 0.15) is 34.2 Å². The van der Waals surface area contributed by atoms with Crippen LogP contribution in [-0.4, -0.2) is 32.3 Å². The number of halogens is 2. The first-order valence-electron chi connectivity index (χ1n) is 9.94. The average molecular weight is 584 g/mol. The third kappa shape index (κ3) is 6.02. The van der Waals surface area contributed by atoms with E-state index in [1.165, 1.54) is 11.8 Å². The van der Waals surface area contributed by atoms with Crippen molar-refractivity contribution in [3.63, 3.8) is 0 Å². The first-order chi connectivity index (χ1) is 15.3. The Morgan fingerprint density at radius 1 is 1.16 bits per heavy atom. The molecule has 0 fully saturated rings. The zero-order valence-corrected chi connectivity index (χ0v) is 21.6. The number of nitrogens with one attached hydrogen (secondary N) is 2. The predicted molar refractivity (Wildman–Crippen MR) is 136 cm³/mol. The third-order valence-electron chi connectivity index (χ3n) is 4.73. The SMILES string of the molecule is CCn1c(CNC(=O)c2ccccc2Cl)nnc1SCC(=O)Nc1c(C)cc(I)cc1C. The second-order valence-corrected chi connectivity index (χ2v) is 9.65. The lowest BCUT2D eigenvalue weighted by Crippen LogP contribution is -2.25. The van der Waals surface area contributed by atoms with Gasteiger partial charge in [0, 0.05) is 15.8 Å². The molecule has 0 aliphatic rings. The molecular formula is C22H23ClIN5O2S. The Morgan fingerprint density at radius 2 is 1.84 bits per heavy atom. The third-order valence-corrected chi connectivity index (χ3v) is 6.65. The highest BCUT2D eigenvalue weighted by molar-refractivity contribution is 14.1. The summed E-state index contributed by atoms with van der Waals surface area (Å²) < 4.78 is 3.02. The quantitative estimate of drug-likeness (QED) is 0.293. The number of thioether (sulfide) groups is 1. The molecule has 2 amide bonds. The number of carbonyl (C=O) groups is 2. The van der Waals surface area contributed by atoms with Crippen LogP contribution < -0.4 is 10.6 Å². The van der Waals surface area contributed by atoms with Crippen molar-refractivity contribution in [3.8, 4) is 0 Å². The summed E-state index contributed by atoms with van der Waals surface area (Å²) in [6.07, 6.45) is 0. The van der Waals surface area contributed by atoms with Gasteiger partial charge in [0.05, 0.1) is 22.9 Å². The number of carbonyl (C=O) groups excluding carboxylic acids is 2. The fraction of sp³-hybridized carbons (Fsp3) is 0.273. The number of hydrogen-bond donors (Lipinski definition) is 2. The molecular weight excluding hydrogens is 561 g/mol. The fourth-order valence-electron chi connectivity index (χ4n) is 3.19. The summed E-state index contributed by atoms with van der Waals surface area (Å²) in [4.78, 5) is 24.9.